The van der Waals surface area contributed by atoms with Crippen LogP contribution in [0.2, 0.25) is 10.0 Å². The van der Waals surface area contributed by atoms with Crippen LogP contribution in [0.15, 0.2) is 79.0 Å². The Morgan fingerprint density at radius 1 is 0.953 bits per heavy atom. The van der Waals surface area contributed by atoms with Crippen LogP contribution in [0, 0.1) is 0 Å². The Bertz CT molecular complexity index is 1660. The molecule has 2 heterocycles. The van der Waals surface area contributed by atoms with E-state index in [0.29, 0.717) is 28.5 Å². The highest BCUT2D eigenvalue weighted by atomic mass is 35.5. The van der Waals surface area contributed by atoms with Crippen LogP contribution < -0.4 is 20.3 Å². The third-order valence-electron chi connectivity index (χ3n) is 7.22. The lowest BCUT2D eigenvalue weighted by Crippen LogP contribution is -2.32. The minimum Gasteiger partial charge on any atom is -0.496 e. The second kappa shape index (κ2) is 13.7. The number of amides is 3. The van der Waals surface area contributed by atoms with Crippen molar-refractivity contribution in [2.75, 3.05) is 23.9 Å². The molecular weight excluding hydrogens is 587 g/mol. The van der Waals surface area contributed by atoms with Crippen LogP contribution in [0.25, 0.3) is 0 Å². The zero-order chi connectivity index (χ0) is 30.3. The van der Waals surface area contributed by atoms with E-state index in [2.05, 4.69) is 15.6 Å². The van der Waals surface area contributed by atoms with Gasteiger partial charge in [-0.05, 0) is 78.9 Å². The lowest BCUT2D eigenvalue weighted by Gasteiger charge is -2.25. The number of nitrogens with zero attached hydrogens (tertiary/aromatic N) is 2. The van der Waals surface area contributed by atoms with Gasteiger partial charge in [0.05, 0.1) is 41.9 Å². The molecule has 0 aliphatic carbocycles. The number of aryl methyl sites for hydroxylation is 1. The summed E-state index contributed by atoms with van der Waals surface area (Å²) in [5.74, 6) is -0.782. The number of hydrogen-bond donors (Lipinski definition) is 2. The van der Waals surface area contributed by atoms with Crippen LogP contribution >= 0.6 is 23.2 Å². The molecule has 0 unspecified atom stereocenters. The fraction of sp³-hybridized carbons (Fsp3) is 0.212. The number of nitrogens with one attached hydrogen (secondary N) is 2. The number of ether oxygens (including phenoxy) is 1. The molecule has 2 N–H and O–H groups in total. The van der Waals surface area contributed by atoms with Gasteiger partial charge in [0, 0.05) is 35.2 Å². The third kappa shape index (κ3) is 7.16. The minimum absolute atomic E-state index is 0.110. The molecule has 8 nitrogen and oxygen atoms in total. The summed E-state index contributed by atoms with van der Waals surface area (Å²) in [6, 6.07) is 20.8. The number of halogens is 2. The van der Waals surface area contributed by atoms with Gasteiger partial charge < -0.3 is 20.3 Å². The van der Waals surface area contributed by atoms with Gasteiger partial charge in [0.1, 0.15) is 5.75 Å². The van der Waals surface area contributed by atoms with Crippen LogP contribution in [-0.2, 0) is 24.2 Å². The summed E-state index contributed by atoms with van der Waals surface area (Å²) in [4.78, 5) is 46.4. The fourth-order valence-electron chi connectivity index (χ4n) is 5.07. The van der Waals surface area contributed by atoms with Gasteiger partial charge in [-0.15, -0.1) is 0 Å². The number of pyridine rings is 1. The van der Waals surface area contributed by atoms with Crippen molar-refractivity contribution in [1.82, 2.24) is 10.3 Å². The molecule has 1 aromatic heterocycles. The molecule has 0 radical (unpaired) electrons. The summed E-state index contributed by atoms with van der Waals surface area (Å²) < 4.78 is 5.66. The molecule has 5 rings (SSSR count). The molecule has 1 aliphatic rings. The standard InChI is InChI=1S/C33H30Cl2N4O4/c1-43-30-19-28(38-32(41)25-10-2-3-11-27(25)35)22(18-31(40)37-20-24-9-4-6-14-36-24)17-26(30)33(42)39-15-7-5-8-21-16-23(34)12-13-29(21)39/h2-4,6,9-14,16-17,19H,5,7-8,15,18,20H2,1H3,(H,37,40)(H,38,41). The predicted octanol–water partition coefficient (Wildman–Crippen LogP) is 6.49. The molecule has 3 amide bonds. The normalized spacial score (nSPS) is 12.6. The van der Waals surface area contributed by atoms with Crippen molar-refractivity contribution in [2.45, 2.75) is 32.2 Å². The Morgan fingerprint density at radius 3 is 2.53 bits per heavy atom. The number of fused-ring (bicyclic) bond motifs is 1. The van der Waals surface area contributed by atoms with E-state index in [1.165, 1.54) is 7.11 Å². The van der Waals surface area contributed by atoms with Gasteiger partial charge in [0.2, 0.25) is 5.91 Å². The number of benzene rings is 3. The topological polar surface area (TPSA) is 101 Å². The Balaban J connectivity index is 1.50. The Morgan fingerprint density at radius 2 is 1.77 bits per heavy atom. The molecule has 43 heavy (non-hydrogen) atoms. The van der Waals surface area contributed by atoms with Gasteiger partial charge in [-0.3, -0.25) is 19.4 Å². The first-order chi connectivity index (χ1) is 20.8. The molecule has 10 heteroatoms. The van der Waals surface area contributed by atoms with Crippen LogP contribution in [0.5, 0.6) is 5.75 Å². The lowest BCUT2D eigenvalue weighted by atomic mass is 10.0. The van der Waals surface area contributed by atoms with Gasteiger partial charge in [-0.1, -0.05) is 41.4 Å². The average Bonchev–Trinajstić information content (AvgIpc) is 3.23. The molecule has 0 saturated heterocycles. The van der Waals surface area contributed by atoms with Gasteiger partial charge in [-0.25, -0.2) is 0 Å². The summed E-state index contributed by atoms with van der Waals surface area (Å²) >= 11 is 12.5. The Hall–Kier alpha value is -4.40. The molecule has 0 fully saturated rings. The van der Waals surface area contributed by atoms with Crippen LogP contribution in [0.1, 0.15) is 50.4 Å². The molecule has 0 spiro atoms. The van der Waals surface area contributed by atoms with E-state index in [1.54, 1.807) is 59.6 Å². The molecule has 220 valence electrons. The number of aromatic nitrogens is 1. The molecule has 0 atom stereocenters. The SMILES string of the molecule is COc1cc(NC(=O)c2ccccc2Cl)c(CC(=O)NCc2ccccn2)cc1C(=O)N1CCCCc2cc(Cl)ccc21. The maximum atomic E-state index is 14.1. The van der Waals surface area contributed by atoms with Crippen molar-refractivity contribution in [3.05, 3.63) is 117 Å². The Labute approximate surface area is 260 Å². The summed E-state index contributed by atoms with van der Waals surface area (Å²) in [6.07, 6.45) is 4.09. The van der Waals surface area contributed by atoms with E-state index in [-0.39, 0.29) is 46.7 Å². The van der Waals surface area contributed by atoms with E-state index in [4.69, 9.17) is 27.9 Å². The summed E-state index contributed by atoms with van der Waals surface area (Å²) in [7, 11) is 1.46. The van der Waals surface area contributed by atoms with Crippen molar-refractivity contribution in [3.8, 4) is 5.75 Å². The number of hydrogen-bond acceptors (Lipinski definition) is 5. The van der Waals surface area contributed by atoms with E-state index in [0.717, 1.165) is 30.5 Å². The molecule has 0 saturated carbocycles. The minimum atomic E-state index is -0.458. The first kappa shape index (κ1) is 30.1. The molecule has 3 aromatic carbocycles. The van der Waals surface area contributed by atoms with E-state index in [9.17, 15) is 14.4 Å². The quantitative estimate of drug-likeness (QED) is 0.236. The number of carbonyl (C=O) groups is 3. The summed E-state index contributed by atoms with van der Waals surface area (Å²) in [5.41, 5.74) is 3.80. The molecule has 1 aliphatic heterocycles. The third-order valence-corrected chi connectivity index (χ3v) is 7.79. The van der Waals surface area contributed by atoms with Crippen molar-refractivity contribution in [3.63, 3.8) is 0 Å². The highest BCUT2D eigenvalue weighted by Gasteiger charge is 2.27. The van der Waals surface area contributed by atoms with Gasteiger partial charge >= 0.3 is 0 Å². The smallest absolute Gasteiger partial charge is 0.262 e. The van der Waals surface area contributed by atoms with Gasteiger partial charge in [0.15, 0.2) is 0 Å². The van der Waals surface area contributed by atoms with Crippen LogP contribution in [-0.4, -0.2) is 36.4 Å². The second-order valence-electron chi connectivity index (χ2n) is 10.1. The van der Waals surface area contributed by atoms with Crippen molar-refractivity contribution in [2.24, 2.45) is 0 Å². The first-order valence-electron chi connectivity index (χ1n) is 13.9. The highest BCUT2D eigenvalue weighted by molar-refractivity contribution is 6.34. The zero-order valence-electron chi connectivity index (χ0n) is 23.5. The maximum absolute atomic E-state index is 14.1. The largest absolute Gasteiger partial charge is 0.496 e. The number of anilines is 2. The zero-order valence-corrected chi connectivity index (χ0v) is 25.0. The number of methoxy groups -OCH3 is 1. The van der Waals surface area contributed by atoms with Crippen molar-refractivity contribution >= 4 is 52.3 Å². The van der Waals surface area contributed by atoms with Gasteiger partial charge in [0.25, 0.3) is 11.8 Å². The average molecular weight is 618 g/mol. The van der Waals surface area contributed by atoms with Crippen molar-refractivity contribution in [1.29, 1.82) is 0 Å². The maximum Gasteiger partial charge on any atom is 0.262 e. The molecular formula is C33H30Cl2N4O4. The van der Waals surface area contributed by atoms with Gasteiger partial charge in [-0.2, -0.15) is 0 Å². The van der Waals surface area contributed by atoms with Crippen LogP contribution in [0.4, 0.5) is 11.4 Å². The van der Waals surface area contributed by atoms with Crippen molar-refractivity contribution < 1.29 is 19.1 Å². The molecule has 4 aromatic rings. The number of carbonyl (C=O) groups excluding carboxylic acids is 3. The monoisotopic (exact) mass is 616 g/mol. The predicted molar refractivity (Wildman–Crippen MR) is 168 cm³/mol. The van der Waals surface area contributed by atoms with Crippen LogP contribution in [0.3, 0.4) is 0 Å². The number of rotatable bonds is 8. The summed E-state index contributed by atoms with van der Waals surface area (Å²) in [5, 5.41) is 6.63. The second-order valence-corrected chi connectivity index (χ2v) is 10.9. The molecule has 0 bridgehead atoms. The van der Waals surface area contributed by atoms with E-state index < -0.39 is 5.91 Å². The highest BCUT2D eigenvalue weighted by Crippen LogP contribution is 2.34. The lowest BCUT2D eigenvalue weighted by molar-refractivity contribution is -0.120. The van der Waals surface area contributed by atoms with E-state index >= 15 is 0 Å². The summed E-state index contributed by atoms with van der Waals surface area (Å²) in [6.45, 7) is 0.748. The Kier molecular flexibility index (Phi) is 9.59. The van der Waals surface area contributed by atoms with E-state index in [1.807, 2.05) is 24.3 Å². The first-order valence-corrected chi connectivity index (χ1v) is 14.6. The fourth-order valence-corrected chi connectivity index (χ4v) is 5.48.